The van der Waals surface area contributed by atoms with Gasteiger partial charge in [0.2, 0.25) is 5.91 Å². The first-order chi connectivity index (χ1) is 11.7. The molecule has 0 aliphatic carbocycles. The maximum absolute atomic E-state index is 12.6. The Morgan fingerprint density at radius 1 is 1.36 bits per heavy atom. The Labute approximate surface area is 147 Å². The average Bonchev–Trinajstić information content (AvgIpc) is 2.53. The Hall–Kier alpha value is -2.09. The molecule has 0 aromatic heterocycles. The number of ether oxygens (including phenoxy) is 1. The second kappa shape index (κ2) is 7.43. The Bertz CT molecular complexity index is 760. The summed E-state index contributed by atoms with van der Waals surface area (Å²) >= 11 is 0. The van der Waals surface area contributed by atoms with E-state index in [9.17, 15) is 23.1 Å². The fourth-order valence-electron chi connectivity index (χ4n) is 3.09. The van der Waals surface area contributed by atoms with Crippen molar-refractivity contribution in [3.8, 4) is 5.75 Å². The van der Waals surface area contributed by atoms with Crippen molar-refractivity contribution < 1.29 is 27.9 Å². The van der Waals surface area contributed by atoms with Crippen molar-refractivity contribution in [3.05, 3.63) is 29.8 Å². The highest BCUT2D eigenvalue weighted by Crippen LogP contribution is 2.29. The molecule has 0 spiro atoms. The van der Waals surface area contributed by atoms with Gasteiger partial charge in [0.1, 0.15) is 11.0 Å². The third-order valence-corrected chi connectivity index (χ3v) is 6.66. The molecule has 1 saturated heterocycles. The van der Waals surface area contributed by atoms with Crippen molar-refractivity contribution in [2.45, 2.75) is 43.4 Å². The number of aliphatic carboxylic acids is 1. The summed E-state index contributed by atoms with van der Waals surface area (Å²) in [5.74, 6) is -1.24. The molecule has 25 heavy (non-hydrogen) atoms. The molecular weight excluding hydrogens is 346 g/mol. The van der Waals surface area contributed by atoms with E-state index >= 15 is 0 Å². The number of carboxylic acid groups (broad SMARTS) is 1. The average molecular weight is 369 g/mol. The molecule has 0 saturated carbocycles. The minimum absolute atomic E-state index is 0.0140. The van der Waals surface area contributed by atoms with Crippen molar-refractivity contribution in [2.24, 2.45) is 0 Å². The molecule has 2 rings (SSSR count). The van der Waals surface area contributed by atoms with Gasteiger partial charge in [0.25, 0.3) is 0 Å². The van der Waals surface area contributed by atoms with Crippen molar-refractivity contribution in [2.75, 3.05) is 12.9 Å². The van der Waals surface area contributed by atoms with Crippen molar-refractivity contribution in [1.29, 1.82) is 0 Å². The lowest BCUT2D eigenvalue weighted by atomic mass is 9.88. The quantitative estimate of drug-likeness (QED) is 0.786. The van der Waals surface area contributed by atoms with E-state index in [1.807, 2.05) is 0 Å². The number of hydrogen-bond donors (Lipinski definition) is 2. The predicted octanol–water partition coefficient (Wildman–Crippen LogP) is 1.47. The normalized spacial score (nSPS) is 21.8. The second-order valence-corrected chi connectivity index (χ2v) is 8.78. The number of rotatable bonds is 6. The van der Waals surface area contributed by atoms with Crippen LogP contribution in [0.15, 0.2) is 24.3 Å². The van der Waals surface area contributed by atoms with Crippen molar-refractivity contribution in [3.63, 3.8) is 0 Å². The highest BCUT2D eigenvalue weighted by molar-refractivity contribution is 7.92. The van der Waals surface area contributed by atoms with Gasteiger partial charge in [-0.25, -0.2) is 8.42 Å². The molecule has 2 N–H and O–H groups in total. The number of nitrogens with one attached hydrogen (secondary N) is 1. The Kier molecular flexibility index (Phi) is 5.72. The highest BCUT2D eigenvalue weighted by atomic mass is 32.2. The van der Waals surface area contributed by atoms with Crippen LogP contribution in [0.25, 0.3) is 0 Å². The van der Waals surface area contributed by atoms with Gasteiger partial charge in [-0.2, -0.15) is 0 Å². The zero-order chi connectivity index (χ0) is 18.7. The molecule has 7 nitrogen and oxygen atoms in total. The molecular formula is C17H23NO6S. The van der Waals surface area contributed by atoms with Gasteiger partial charge in [-0.1, -0.05) is 18.6 Å². The minimum atomic E-state index is -3.50. The standard InChI is InChI=1S/C17H23NO6S/c1-17(11-15(19)20,12-6-5-7-13(10-12)24-2)18-16(21)14-8-3-4-9-25(14,22)23/h5-7,10,14H,3-4,8-9,11H2,1-2H3,(H,18,21)(H,19,20). The van der Waals surface area contributed by atoms with Crippen LogP contribution in [-0.2, 0) is 25.0 Å². The first-order valence-electron chi connectivity index (χ1n) is 8.08. The first-order valence-corrected chi connectivity index (χ1v) is 9.79. The SMILES string of the molecule is COc1cccc(C(C)(CC(=O)O)NC(=O)C2CCCCS2(=O)=O)c1. The summed E-state index contributed by atoms with van der Waals surface area (Å²) in [5, 5.41) is 10.8. The lowest BCUT2D eigenvalue weighted by Gasteiger charge is -2.32. The number of carboxylic acids is 1. The summed E-state index contributed by atoms with van der Waals surface area (Å²) < 4.78 is 29.5. The highest BCUT2D eigenvalue weighted by Gasteiger charge is 2.39. The maximum atomic E-state index is 12.6. The van der Waals surface area contributed by atoms with Gasteiger partial charge >= 0.3 is 5.97 Å². The van der Waals surface area contributed by atoms with Gasteiger partial charge < -0.3 is 15.2 Å². The van der Waals surface area contributed by atoms with Gasteiger partial charge in [0.05, 0.1) is 24.8 Å². The summed E-state index contributed by atoms with van der Waals surface area (Å²) in [6.45, 7) is 1.57. The summed E-state index contributed by atoms with van der Waals surface area (Å²) in [7, 11) is -2.02. The molecule has 0 bridgehead atoms. The molecule has 1 aliphatic heterocycles. The zero-order valence-electron chi connectivity index (χ0n) is 14.3. The molecule has 1 heterocycles. The van der Waals surface area contributed by atoms with Gasteiger partial charge in [-0.3, -0.25) is 9.59 Å². The van der Waals surface area contributed by atoms with E-state index in [0.29, 0.717) is 24.2 Å². The summed E-state index contributed by atoms with van der Waals surface area (Å²) in [5.41, 5.74) is -0.708. The molecule has 2 atom stereocenters. The number of carbonyl (C=O) groups is 2. The van der Waals surface area contributed by atoms with E-state index in [2.05, 4.69) is 5.32 Å². The number of amides is 1. The van der Waals surface area contributed by atoms with Crippen LogP contribution in [0.2, 0.25) is 0 Å². The molecule has 1 aromatic rings. The third-order valence-electron chi connectivity index (χ3n) is 4.48. The summed E-state index contributed by atoms with van der Waals surface area (Å²) in [6, 6.07) is 6.72. The summed E-state index contributed by atoms with van der Waals surface area (Å²) in [4.78, 5) is 24.0. The summed E-state index contributed by atoms with van der Waals surface area (Å²) in [6.07, 6.45) is 1.09. The van der Waals surface area contributed by atoms with Crippen LogP contribution >= 0.6 is 0 Å². The molecule has 1 fully saturated rings. The van der Waals surface area contributed by atoms with E-state index in [1.165, 1.54) is 7.11 Å². The van der Waals surface area contributed by atoms with Crippen LogP contribution < -0.4 is 10.1 Å². The molecule has 1 aromatic carbocycles. The molecule has 138 valence electrons. The van der Waals surface area contributed by atoms with Crippen molar-refractivity contribution >= 4 is 21.7 Å². The van der Waals surface area contributed by atoms with E-state index in [1.54, 1.807) is 31.2 Å². The van der Waals surface area contributed by atoms with E-state index in [0.717, 1.165) is 0 Å². The number of sulfone groups is 1. The first kappa shape index (κ1) is 19.2. The molecule has 1 amide bonds. The maximum Gasteiger partial charge on any atom is 0.306 e. The van der Waals surface area contributed by atoms with Crippen LogP contribution in [0.5, 0.6) is 5.75 Å². The third kappa shape index (κ3) is 4.50. The fourth-order valence-corrected chi connectivity index (χ4v) is 4.89. The molecule has 8 heteroatoms. The van der Waals surface area contributed by atoms with E-state index in [-0.39, 0.29) is 18.6 Å². The van der Waals surface area contributed by atoms with Gasteiger partial charge in [-0.05, 0) is 37.5 Å². The lowest BCUT2D eigenvalue weighted by Crippen LogP contribution is -2.51. The largest absolute Gasteiger partial charge is 0.497 e. The van der Waals surface area contributed by atoms with Gasteiger partial charge in [0.15, 0.2) is 9.84 Å². The van der Waals surface area contributed by atoms with Crippen LogP contribution in [0.1, 0.15) is 38.2 Å². The van der Waals surface area contributed by atoms with Crippen LogP contribution in [0, 0.1) is 0 Å². The zero-order valence-corrected chi connectivity index (χ0v) is 15.1. The second-order valence-electron chi connectivity index (χ2n) is 6.48. The number of benzene rings is 1. The monoisotopic (exact) mass is 369 g/mol. The van der Waals surface area contributed by atoms with Crippen molar-refractivity contribution in [1.82, 2.24) is 5.32 Å². The van der Waals surface area contributed by atoms with Gasteiger partial charge in [0, 0.05) is 0 Å². The minimum Gasteiger partial charge on any atom is -0.497 e. The van der Waals surface area contributed by atoms with Crippen LogP contribution in [0.4, 0.5) is 0 Å². The smallest absolute Gasteiger partial charge is 0.306 e. The molecule has 2 unspecified atom stereocenters. The van der Waals surface area contributed by atoms with E-state index < -0.39 is 32.5 Å². The molecule has 1 aliphatic rings. The van der Waals surface area contributed by atoms with Crippen LogP contribution in [-0.4, -0.2) is 43.5 Å². The predicted molar refractivity (Wildman–Crippen MR) is 92.2 cm³/mol. The fraction of sp³-hybridized carbons (Fsp3) is 0.529. The Balaban J connectivity index is 2.33. The van der Waals surface area contributed by atoms with Gasteiger partial charge in [-0.15, -0.1) is 0 Å². The molecule has 0 radical (unpaired) electrons. The number of methoxy groups -OCH3 is 1. The lowest BCUT2D eigenvalue weighted by molar-refractivity contribution is -0.139. The topological polar surface area (TPSA) is 110 Å². The number of hydrogen-bond acceptors (Lipinski definition) is 5. The van der Waals surface area contributed by atoms with E-state index in [4.69, 9.17) is 4.74 Å². The Morgan fingerprint density at radius 3 is 2.68 bits per heavy atom. The van der Waals surface area contributed by atoms with Crippen LogP contribution in [0.3, 0.4) is 0 Å². The Morgan fingerprint density at radius 2 is 2.08 bits per heavy atom. The number of carbonyl (C=O) groups excluding carboxylic acids is 1.